The van der Waals surface area contributed by atoms with E-state index in [1.54, 1.807) is 0 Å². The van der Waals surface area contributed by atoms with E-state index in [1.807, 2.05) is 0 Å². The van der Waals surface area contributed by atoms with Crippen molar-refractivity contribution in [3.05, 3.63) is 28.8 Å². The quantitative estimate of drug-likeness (QED) is 0.525. The summed E-state index contributed by atoms with van der Waals surface area (Å²) in [6.45, 7) is 25.7. The molecule has 0 fully saturated rings. The van der Waals surface area contributed by atoms with Crippen LogP contribution >= 0.6 is 8.15 Å². The van der Waals surface area contributed by atoms with E-state index in [9.17, 15) is 0 Å². The normalized spacial score (nSPS) is 20.6. The Morgan fingerprint density at radius 2 is 1.50 bits per heavy atom. The van der Waals surface area contributed by atoms with Gasteiger partial charge in [-0.1, -0.05) is 62.3 Å². The molecule has 0 aliphatic heterocycles. The summed E-state index contributed by atoms with van der Waals surface area (Å²) >= 11 is 0. The van der Waals surface area contributed by atoms with Crippen LogP contribution in [0.3, 0.4) is 0 Å². The van der Waals surface area contributed by atoms with Crippen LogP contribution in [0.25, 0.3) is 0 Å². The van der Waals surface area contributed by atoms with Crippen molar-refractivity contribution in [3.8, 4) is 5.75 Å². The second-order valence-electron chi connectivity index (χ2n) is 10.5. The Hall–Kier alpha value is -0.550. The Morgan fingerprint density at radius 1 is 0.958 bits per heavy atom. The maximum atomic E-state index is 6.54. The van der Waals surface area contributed by atoms with Gasteiger partial charge in [0.2, 0.25) is 0 Å². The van der Waals surface area contributed by atoms with Crippen LogP contribution < -0.4 is 4.52 Å². The molecule has 0 spiro atoms. The highest BCUT2D eigenvalue weighted by Crippen LogP contribution is 2.57. The van der Waals surface area contributed by atoms with Crippen LogP contribution in [0.15, 0.2) is 12.1 Å². The Balaban J connectivity index is 2.41. The average Bonchev–Trinajstić information content (AvgIpc) is 2.53. The fraction of sp³-hybridized carbons (Fsp3) is 0.727. The van der Waals surface area contributed by atoms with Crippen molar-refractivity contribution in [2.75, 3.05) is 6.66 Å². The third-order valence-electron chi connectivity index (χ3n) is 6.46. The molecule has 1 aliphatic carbocycles. The minimum atomic E-state index is -0.562. The SMILES string of the molecule is Cc1cc(OP(C)C(C)(C)C(C)(C)C)cc2c1C(C)(C)CC2(C)C. The van der Waals surface area contributed by atoms with Crippen LogP contribution in [0.2, 0.25) is 0 Å². The maximum Gasteiger partial charge on any atom is 0.123 e. The second kappa shape index (κ2) is 5.73. The van der Waals surface area contributed by atoms with Crippen LogP contribution in [-0.4, -0.2) is 11.8 Å². The zero-order valence-electron chi connectivity index (χ0n) is 17.7. The van der Waals surface area contributed by atoms with Crippen molar-refractivity contribution in [2.24, 2.45) is 5.41 Å². The van der Waals surface area contributed by atoms with Gasteiger partial charge in [0, 0.05) is 5.16 Å². The lowest BCUT2D eigenvalue weighted by Gasteiger charge is -2.42. The summed E-state index contributed by atoms with van der Waals surface area (Å²) in [5.74, 6) is 1.06. The summed E-state index contributed by atoms with van der Waals surface area (Å²) in [6, 6.07) is 4.59. The van der Waals surface area contributed by atoms with E-state index in [4.69, 9.17) is 4.52 Å². The standard InChI is InChI=1S/C22H37OP/c1-15-12-16(23-24(11)22(9,10)19(2,3)4)13-17-18(15)21(7,8)14-20(17,5)6/h12-13H,14H2,1-11H3. The van der Waals surface area contributed by atoms with E-state index in [0.717, 1.165) is 5.75 Å². The van der Waals surface area contributed by atoms with Gasteiger partial charge in [0.05, 0.1) is 8.15 Å². The lowest BCUT2D eigenvalue weighted by atomic mass is 9.81. The molecular weight excluding hydrogens is 311 g/mol. The molecule has 0 heterocycles. The number of rotatable bonds is 3. The van der Waals surface area contributed by atoms with E-state index >= 15 is 0 Å². The fourth-order valence-electron chi connectivity index (χ4n) is 4.27. The van der Waals surface area contributed by atoms with Gasteiger partial charge >= 0.3 is 0 Å². The Kier molecular flexibility index (Phi) is 4.72. The minimum Gasteiger partial charge on any atom is -0.474 e. The monoisotopic (exact) mass is 348 g/mol. The second-order valence-corrected chi connectivity index (χ2v) is 12.8. The zero-order valence-corrected chi connectivity index (χ0v) is 18.6. The summed E-state index contributed by atoms with van der Waals surface area (Å²) in [6.07, 6.45) is 1.20. The van der Waals surface area contributed by atoms with Gasteiger partial charge in [0.1, 0.15) is 5.75 Å². The molecule has 1 nitrogen and oxygen atoms in total. The third kappa shape index (κ3) is 3.26. The Labute approximate surface area is 151 Å². The Morgan fingerprint density at radius 3 is 2.00 bits per heavy atom. The van der Waals surface area contributed by atoms with Gasteiger partial charge in [0.25, 0.3) is 0 Å². The van der Waals surface area contributed by atoms with Crippen molar-refractivity contribution >= 4 is 8.15 Å². The van der Waals surface area contributed by atoms with E-state index in [-0.39, 0.29) is 21.4 Å². The lowest BCUT2D eigenvalue weighted by Crippen LogP contribution is -2.35. The van der Waals surface area contributed by atoms with Crippen molar-refractivity contribution in [1.29, 1.82) is 0 Å². The molecule has 0 saturated heterocycles. The van der Waals surface area contributed by atoms with E-state index in [1.165, 1.54) is 23.1 Å². The number of hydrogen-bond donors (Lipinski definition) is 0. The van der Waals surface area contributed by atoms with Crippen LogP contribution in [0.4, 0.5) is 0 Å². The highest BCUT2D eigenvalue weighted by molar-refractivity contribution is 7.53. The van der Waals surface area contributed by atoms with Gasteiger partial charge in [-0.25, -0.2) is 0 Å². The molecule has 1 aromatic rings. The van der Waals surface area contributed by atoms with Crippen LogP contribution in [0, 0.1) is 12.3 Å². The molecular formula is C22H37OP. The first-order chi connectivity index (χ1) is 10.6. The molecule has 136 valence electrons. The number of aryl methyl sites for hydroxylation is 1. The van der Waals surface area contributed by atoms with Crippen molar-refractivity contribution in [3.63, 3.8) is 0 Å². The molecule has 24 heavy (non-hydrogen) atoms. The largest absolute Gasteiger partial charge is 0.474 e. The molecule has 1 aliphatic rings. The van der Waals surface area contributed by atoms with Gasteiger partial charge in [0.15, 0.2) is 0 Å². The van der Waals surface area contributed by atoms with Gasteiger partial charge in [-0.15, -0.1) is 0 Å². The molecule has 2 heteroatoms. The molecule has 0 radical (unpaired) electrons. The first-order valence-corrected chi connectivity index (χ1v) is 10.9. The molecule has 1 unspecified atom stereocenters. The van der Waals surface area contributed by atoms with E-state index in [0.29, 0.717) is 0 Å². The molecule has 0 bridgehead atoms. The molecule has 2 rings (SSSR count). The minimum absolute atomic E-state index is 0.157. The Bertz CT molecular complexity index is 632. The van der Waals surface area contributed by atoms with Crippen LogP contribution in [0.5, 0.6) is 5.75 Å². The predicted molar refractivity (Wildman–Crippen MR) is 109 cm³/mol. The highest BCUT2D eigenvalue weighted by Gasteiger charge is 2.44. The molecule has 0 amide bonds. The predicted octanol–water partition coefficient (Wildman–Crippen LogP) is 7.18. The summed E-state index contributed by atoms with van der Waals surface area (Å²) in [5, 5.41) is 0.157. The number of benzene rings is 1. The smallest absolute Gasteiger partial charge is 0.123 e. The summed E-state index contributed by atoms with van der Waals surface area (Å²) in [4.78, 5) is 0. The molecule has 0 N–H and O–H groups in total. The first-order valence-electron chi connectivity index (χ1n) is 9.17. The van der Waals surface area contributed by atoms with Crippen molar-refractivity contribution in [2.45, 2.75) is 91.6 Å². The van der Waals surface area contributed by atoms with Crippen molar-refractivity contribution < 1.29 is 4.52 Å². The van der Waals surface area contributed by atoms with Gasteiger partial charge in [-0.3, -0.25) is 0 Å². The summed E-state index contributed by atoms with van der Waals surface area (Å²) in [5.41, 5.74) is 5.10. The van der Waals surface area contributed by atoms with Gasteiger partial charge in [-0.05, 0) is 65.1 Å². The van der Waals surface area contributed by atoms with Crippen molar-refractivity contribution in [1.82, 2.24) is 0 Å². The third-order valence-corrected chi connectivity index (χ3v) is 9.19. The van der Waals surface area contributed by atoms with E-state index < -0.39 is 8.15 Å². The van der Waals surface area contributed by atoms with Gasteiger partial charge in [-0.2, -0.15) is 0 Å². The number of fused-ring (bicyclic) bond motifs is 1. The summed E-state index contributed by atoms with van der Waals surface area (Å²) < 4.78 is 6.54. The molecule has 1 aromatic carbocycles. The first kappa shape index (κ1) is 19.8. The zero-order chi connectivity index (χ0) is 18.7. The van der Waals surface area contributed by atoms with Crippen LogP contribution in [-0.2, 0) is 10.8 Å². The van der Waals surface area contributed by atoms with Crippen LogP contribution in [0.1, 0.15) is 85.4 Å². The highest BCUT2D eigenvalue weighted by atomic mass is 31.1. The van der Waals surface area contributed by atoms with Gasteiger partial charge < -0.3 is 4.52 Å². The molecule has 0 saturated carbocycles. The topological polar surface area (TPSA) is 9.23 Å². The molecule has 0 aromatic heterocycles. The maximum absolute atomic E-state index is 6.54. The lowest BCUT2D eigenvalue weighted by molar-refractivity contribution is 0.301. The molecule has 1 atom stereocenters. The summed E-state index contributed by atoms with van der Waals surface area (Å²) in [7, 11) is -0.562. The fourth-order valence-corrected chi connectivity index (χ4v) is 5.87. The average molecular weight is 349 g/mol. The van der Waals surface area contributed by atoms with E-state index in [2.05, 4.69) is 88.0 Å². The number of hydrogen-bond acceptors (Lipinski definition) is 1.